The van der Waals surface area contributed by atoms with Crippen LogP contribution in [-0.2, 0) is 11.4 Å². The van der Waals surface area contributed by atoms with Crippen LogP contribution in [0, 0.1) is 6.92 Å². The van der Waals surface area contributed by atoms with Crippen molar-refractivity contribution in [3.8, 4) is 5.75 Å². The van der Waals surface area contributed by atoms with Crippen molar-refractivity contribution in [3.05, 3.63) is 34.6 Å². The lowest BCUT2D eigenvalue weighted by Gasteiger charge is -2.20. The molecule has 2 rings (SSSR count). The Kier molecular flexibility index (Phi) is 8.25. The van der Waals surface area contributed by atoms with Gasteiger partial charge in [-0.2, -0.15) is 0 Å². The second-order valence-corrected chi connectivity index (χ2v) is 7.28. The Morgan fingerprint density at radius 1 is 1.31 bits per heavy atom. The largest absolute Gasteiger partial charge is 0.486 e. The Labute approximate surface area is 163 Å². The van der Waals surface area contributed by atoms with E-state index in [-0.39, 0.29) is 12.5 Å². The van der Waals surface area contributed by atoms with Crippen LogP contribution in [0.15, 0.2) is 23.4 Å². The Balaban J connectivity index is 1.83. The van der Waals surface area contributed by atoms with E-state index in [0.717, 1.165) is 37.2 Å². The Morgan fingerprint density at radius 2 is 2.04 bits per heavy atom. The SMILES string of the molecule is CCCN(CCC)C(=O)CSc1n[nH]c(COc2ccc(Cl)c(C)c2)n1. The highest BCUT2D eigenvalue weighted by atomic mass is 35.5. The van der Waals surface area contributed by atoms with Crippen molar-refractivity contribution in [2.24, 2.45) is 0 Å². The molecule has 0 radical (unpaired) electrons. The van der Waals surface area contributed by atoms with Gasteiger partial charge in [-0.15, -0.1) is 5.10 Å². The average Bonchev–Trinajstić information content (AvgIpc) is 3.08. The molecule has 0 unspecified atom stereocenters. The normalized spacial score (nSPS) is 10.8. The van der Waals surface area contributed by atoms with Crippen LogP contribution >= 0.6 is 23.4 Å². The zero-order valence-electron chi connectivity index (χ0n) is 15.4. The third-order valence-electron chi connectivity index (χ3n) is 3.68. The maximum absolute atomic E-state index is 12.3. The third-order valence-corrected chi connectivity index (χ3v) is 4.94. The summed E-state index contributed by atoms with van der Waals surface area (Å²) in [5.41, 5.74) is 0.959. The fourth-order valence-electron chi connectivity index (χ4n) is 2.38. The molecule has 1 aromatic heterocycles. The van der Waals surface area contributed by atoms with E-state index >= 15 is 0 Å². The van der Waals surface area contributed by atoms with Crippen LogP contribution in [-0.4, -0.2) is 44.8 Å². The van der Waals surface area contributed by atoms with Gasteiger partial charge in [0.25, 0.3) is 0 Å². The van der Waals surface area contributed by atoms with E-state index in [0.29, 0.717) is 21.8 Å². The minimum Gasteiger partial charge on any atom is -0.486 e. The van der Waals surface area contributed by atoms with Crippen molar-refractivity contribution in [2.75, 3.05) is 18.8 Å². The maximum atomic E-state index is 12.3. The number of nitrogens with one attached hydrogen (secondary N) is 1. The molecule has 0 aliphatic carbocycles. The van der Waals surface area contributed by atoms with E-state index < -0.39 is 0 Å². The van der Waals surface area contributed by atoms with Crippen LogP contribution in [0.3, 0.4) is 0 Å². The molecule has 0 saturated heterocycles. The highest BCUT2D eigenvalue weighted by molar-refractivity contribution is 7.99. The van der Waals surface area contributed by atoms with Crippen molar-refractivity contribution in [3.63, 3.8) is 0 Å². The van der Waals surface area contributed by atoms with Crippen molar-refractivity contribution >= 4 is 29.3 Å². The number of H-pyrrole nitrogens is 1. The molecule has 0 aliphatic heterocycles. The summed E-state index contributed by atoms with van der Waals surface area (Å²) < 4.78 is 5.69. The van der Waals surface area contributed by atoms with Crippen molar-refractivity contribution in [1.82, 2.24) is 20.1 Å². The van der Waals surface area contributed by atoms with Gasteiger partial charge in [-0.3, -0.25) is 9.89 Å². The number of hydrogen-bond donors (Lipinski definition) is 1. The predicted molar refractivity (Wildman–Crippen MR) is 105 cm³/mol. The topological polar surface area (TPSA) is 71.1 Å². The molecular formula is C18H25ClN4O2S. The second kappa shape index (κ2) is 10.4. The number of halogens is 1. The first-order chi connectivity index (χ1) is 12.5. The molecule has 0 fully saturated rings. The van der Waals surface area contributed by atoms with Crippen molar-refractivity contribution in [1.29, 1.82) is 0 Å². The zero-order valence-corrected chi connectivity index (χ0v) is 17.0. The number of carbonyl (C=O) groups is 1. The first-order valence-electron chi connectivity index (χ1n) is 8.74. The monoisotopic (exact) mass is 396 g/mol. The van der Waals surface area contributed by atoms with Gasteiger partial charge in [-0.25, -0.2) is 4.98 Å². The molecule has 0 atom stereocenters. The molecular weight excluding hydrogens is 372 g/mol. The molecule has 26 heavy (non-hydrogen) atoms. The average molecular weight is 397 g/mol. The number of carbonyl (C=O) groups excluding carboxylic acids is 1. The second-order valence-electron chi connectivity index (χ2n) is 5.93. The van der Waals surface area contributed by atoms with Crippen LogP contribution in [0.4, 0.5) is 0 Å². The third kappa shape index (κ3) is 6.21. The molecule has 1 heterocycles. The number of amides is 1. The fraction of sp³-hybridized carbons (Fsp3) is 0.500. The summed E-state index contributed by atoms with van der Waals surface area (Å²) in [7, 11) is 0. The standard InChI is InChI=1S/C18H25ClN4O2S/c1-4-8-23(9-5-2)17(24)12-26-18-20-16(21-22-18)11-25-14-6-7-15(19)13(3)10-14/h6-7,10H,4-5,8-9,11-12H2,1-3H3,(H,20,21,22). The van der Waals surface area contributed by atoms with E-state index in [9.17, 15) is 4.79 Å². The molecule has 1 amide bonds. The van der Waals surface area contributed by atoms with Gasteiger partial charge >= 0.3 is 0 Å². The van der Waals surface area contributed by atoms with Crippen molar-refractivity contribution in [2.45, 2.75) is 45.4 Å². The van der Waals surface area contributed by atoms with Crippen LogP contribution < -0.4 is 4.74 Å². The molecule has 0 aliphatic rings. The van der Waals surface area contributed by atoms with E-state index in [1.807, 2.05) is 24.0 Å². The highest BCUT2D eigenvalue weighted by Gasteiger charge is 2.14. The van der Waals surface area contributed by atoms with Gasteiger partial charge in [-0.05, 0) is 43.5 Å². The van der Waals surface area contributed by atoms with E-state index in [2.05, 4.69) is 29.0 Å². The predicted octanol–water partition coefficient (Wildman–Crippen LogP) is 4.09. The fourth-order valence-corrected chi connectivity index (χ4v) is 3.22. The molecule has 0 spiro atoms. The Morgan fingerprint density at radius 3 is 2.69 bits per heavy atom. The van der Waals surface area contributed by atoms with Crippen LogP contribution in [0.2, 0.25) is 5.02 Å². The van der Waals surface area contributed by atoms with Crippen LogP contribution in [0.5, 0.6) is 5.75 Å². The van der Waals surface area contributed by atoms with Crippen LogP contribution in [0.25, 0.3) is 0 Å². The summed E-state index contributed by atoms with van der Waals surface area (Å²) in [4.78, 5) is 18.5. The van der Waals surface area contributed by atoms with Gasteiger partial charge in [0.15, 0.2) is 5.82 Å². The summed E-state index contributed by atoms with van der Waals surface area (Å²) in [6.07, 6.45) is 1.92. The highest BCUT2D eigenvalue weighted by Crippen LogP contribution is 2.22. The number of aromatic nitrogens is 3. The summed E-state index contributed by atoms with van der Waals surface area (Å²) >= 11 is 7.34. The lowest BCUT2D eigenvalue weighted by molar-refractivity contribution is -0.128. The van der Waals surface area contributed by atoms with Crippen molar-refractivity contribution < 1.29 is 9.53 Å². The first kappa shape index (κ1) is 20.6. The molecule has 142 valence electrons. The van der Waals surface area contributed by atoms with E-state index in [4.69, 9.17) is 16.3 Å². The van der Waals surface area contributed by atoms with E-state index in [1.54, 1.807) is 6.07 Å². The summed E-state index contributed by atoms with van der Waals surface area (Å²) in [5.74, 6) is 1.81. The lowest BCUT2D eigenvalue weighted by atomic mass is 10.2. The smallest absolute Gasteiger partial charge is 0.233 e. The molecule has 6 nitrogen and oxygen atoms in total. The number of nitrogens with zero attached hydrogens (tertiary/aromatic N) is 3. The van der Waals surface area contributed by atoms with E-state index in [1.165, 1.54) is 11.8 Å². The molecule has 0 saturated carbocycles. The molecule has 2 aromatic rings. The minimum absolute atomic E-state index is 0.123. The maximum Gasteiger partial charge on any atom is 0.233 e. The Hall–Kier alpha value is -1.73. The Bertz CT molecular complexity index is 717. The van der Waals surface area contributed by atoms with Gasteiger partial charge < -0.3 is 9.64 Å². The lowest BCUT2D eigenvalue weighted by Crippen LogP contribution is -2.33. The number of benzene rings is 1. The minimum atomic E-state index is 0.123. The number of rotatable bonds is 10. The van der Waals surface area contributed by atoms with Crippen LogP contribution in [0.1, 0.15) is 38.1 Å². The quantitative estimate of drug-likeness (QED) is 0.612. The number of thioether (sulfide) groups is 1. The summed E-state index contributed by atoms with van der Waals surface area (Å²) in [6.45, 7) is 7.94. The molecule has 1 aromatic carbocycles. The molecule has 8 heteroatoms. The van der Waals surface area contributed by atoms with Gasteiger partial charge in [0, 0.05) is 18.1 Å². The summed E-state index contributed by atoms with van der Waals surface area (Å²) in [6, 6.07) is 5.50. The summed E-state index contributed by atoms with van der Waals surface area (Å²) in [5, 5.41) is 8.25. The molecule has 0 bridgehead atoms. The molecule has 1 N–H and O–H groups in total. The number of hydrogen-bond acceptors (Lipinski definition) is 5. The van der Waals surface area contributed by atoms with Gasteiger partial charge in [0.05, 0.1) is 5.75 Å². The first-order valence-corrected chi connectivity index (χ1v) is 10.1. The zero-order chi connectivity index (χ0) is 18.9. The number of aryl methyl sites for hydroxylation is 1. The van der Waals surface area contributed by atoms with Gasteiger partial charge in [0.2, 0.25) is 11.1 Å². The van der Waals surface area contributed by atoms with Gasteiger partial charge in [-0.1, -0.05) is 37.2 Å². The van der Waals surface area contributed by atoms with Gasteiger partial charge in [0.1, 0.15) is 12.4 Å². The number of aromatic amines is 1. The number of ether oxygens (including phenoxy) is 1.